The van der Waals surface area contributed by atoms with Crippen molar-refractivity contribution in [1.82, 2.24) is 4.90 Å². The van der Waals surface area contributed by atoms with E-state index in [9.17, 15) is 9.59 Å². The normalized spacial score (nSPS) is 16.2. The van der Waals surface area contributed by atoms with Gasteiger partial charge in [0.05, 0.1) is 25.3 Å². The Bertz CT molecular complexity index is 965. The van der Waals surface area contributed by atoms with E-state index >= 15 is 0 Å². The third-order valence-corrected chi connectivity index (χ3v) is 5.29. The lowest BCUT2D eigenvalue weighted by Gasteiger charge is -2.26. The van der Waals surface area contributed by atoms with Crippen LogP contribution in [0.25, 0.3) is 0 Å². The lowest BCUT2D eigenvalue weighted by Crippen LogP contribution is -2.37. The van der Waals surface area contributed by atoms with Crippen molar-refractivity contribution >= 4 is 17.5 Å². The Labute approximate surface area is 170 Å². The van der Waals surface area contributed by atoms with E-state index in [0.717, 1.165) is 22.6 Å². The zero-order valence-corrected chi connectivity index (χ0v) is 16.5. The largest absolute Gasteiger partial charge is 0.467 e. The van der Waals surface area contributed by atoms with Crippen LogP contribution in [0, 0.1) is 12.8 Å². The molecule has 0 saturated carbocycles. The van der Waals surface area contributed by atoms with Crippen LogP contribution in [0.2, 0.25) is 0 Å². The summed E-state index contributed by atoms with van der Waals surface area (Å²) in [4.78, 5) is 29.4. The Morgan fingerprint density at radius 1 is 1.07 bits per heavy atom. The zero-order valence-electron chi connectivity index (χ0n) is 16.5. The van der Waals surface area contributed by atoms with Gasteiger partial charge >= 0.3 is 0 Å². The predicted molar refractivity (Wildman–Crippen MR) is 111 cm³/mol. The number of carbonyl (C=O) groups excluding carboxylic acids is 2. The van der Waals surface area contributed by atoms with Crippen molar-refractivity contribution in [3.8, 4) is 0 Å². The summed E-state index contributed by atoms with van der Waals surface area (Å²) in [7, 11) is 0. The minimum atomic E-state index is -0.359. The Hall–Kier alpha value is -3.34. The number of likely N-dealkylation sites (tertiary alicyclic amines) is 1. The van der Waals surface area contributed by atoms with E-state index in [0.29, 0.717) is 19.6 Å². The molecule has 5 heteroatoms. The van der Waals surface area contributed by atoms with Crippen molar-refractivity contribution in [1.29, 1.82) is 0 Å². The lowest BCUT2D eigenvalue weighted by atomic mass is 10.1. The van der Waals surface area contributed by atoms with Gasteiger partial charge in [-0.25, -0.2) is 0 Å². The molecule has 0 bridgehead atoms. The van der Waals surface area contributed by atoms with Crippen molar-refractivity contribution in [2.24, 2.45) is 5.92 Å². The Kier molecular flexibility index (Phi) is 5.47. The fraction of sp³-hybridized carbons (Fsp3) is 0.250. The highest BCUT2D eigenvalue weighted by Gasteiger charge is 2.37. The Balaban J connectivity index is 1.54. The standard InChI is InChI=1S/C24H24N2O3/c1-18-9-11-21(12-10-18)26(15-19-6-3-2-4-7-19)24(28)20-14-23(27)25(16-20)17-22-8-5-13-29-22/h2-13,20H,14-17H2,1H3. The maximum absolute atomic E-state index is 13.5. The highest BCUT2D eigenvalue weighted by Crippen LogP contribution is 2.27. The SMILES string of the molecule is Cc1ccc(N(Cc2ccccc2)C(=O)C2CC(=O)N(Cc3ccco3)C2)cc1. The van der Waals surface area contributed by atoms with Crippen LogP contribution in [0.15, 0.2) is 77.4 Å². The fourth-order valence-corrected chi connectivity index (χ4v) is 3.69. The van der Waals surface area contributed by atoms with Gasteiger partial charge in [-0.15, -0.1) is 0 Å². The van der Waals surface area contributed by atoms with Gasteiger partial charge in [0.25, 0.3) is 0 Å². The number of aryl methyl sites for hydroxylation is 1. The maximum atomic E-state index is 13.5. The molecule has 0 N–H and O–H groups in total. The van der Waals surface area contributed by atoms with Crippen LogP contribution in [0.3, 0.4) is 0 Å². The molecule has 1 atom stereocenters. The molecule has 1 aromatic heterocycles. The third-order valence-electron chi connectivity index (χ3n) is 5.29. The number of nitrogens with zero attached hydrogens (tertiary/aromatic N) is 2. The molecule has 0 spiro atoms. The average molecular weight is 388 g/mol. The third kappa shape index (κ3) is 4.40. The van der Waals surface area contributed by atoms with Crippen molar-refractivity contribution in [2.75, 3.05) is 11.4 Å². The minimum absolute atomic E-state index is 0.0108. The highest BCUT2D eigenvalue weighted by atomic mass is 16.3. The molecule has 2 amide bonds. The molecule has 1 saturated heterocycles. The van der Waals surface area contributed by atoms with E-state index in [1.807, 2.05) is 67.6 Å². The molecule has 5 nitrogen and oxygen atoms in total. The first-order chi connectivity index (χ1) is 14.1. The molecule has 4 rings (SSSR count). The monoisotopic (exact) mass is 388 g/mol. The predicted octanol–water partition coefficient (Wildman–Crippen LogP) is 4.17. The summed E-state index contributed by atoms with van der Waals surface area (Å²) in [6.07, 6.45) is 1.83. The summed E-state index contributed by atoms with van der Waals surface area (Å²) in [6.45, 7) is 3.31. The average Bonchev–Trinajstić information content (AvgIpc) is 3.38. The second kappa shape index (κ2) is 8.35. The molecule has 3 aromatic rings. The smallest absolute Gasteiger partial charge is 0.232 e. The first kappa shape index (κ1) is 19.0. The van der Waals surface area contributed by atoms with Crippen molar-refractivity contribution < 1.29 is 14.0 Å². The van der Waals surface area contributed by atoms with E-state index in [1.165, 1.54) is 0 Å². The van der Waals surface area contributed by atoms with Gasteiger partial charge in [0.15, 0.2) is 0 Å². The topological polar surface area (TPSA) is 53.8 Å². The van der Waals surface area contributed by atoms with Crippen LogP contribution < -0.4 is 4.90 Å². The van der Waals surface area contributed by atoms with E-state index in [-0.39, 0.29) is 24.2 Å². The van der Waals surface area contributed by atoms with Gasteiger partial charge < -0.3 is 14.2 Å². The van der Waals surface area contributed by atoms with Crippen molar-refractivity contribution in [2.45, 2.75) is 26.4 Å². The van der Waals surface area contributed by atoms with Crippen LogP contribution in [-0.4, -0.2) is 23.3 Å². The number of benzene rings is 2. The number of furan rings is 1. The highest BCUT2D eigenvalue weighted by molar-refractivity contribution is 5.99. The number of anilines is 1. The van der Waals surface area contributed by atoms with E-state index in [4.69, 9.17) is 4.42 Å². The summed E-state index contributed by atoms with van der Waals surface area (Å²) >= 11 is 0. The summed E-state index contributed by atoms with van der Waals surface area (Å²) in [5, 5.41) is 0. The Morgan fingerprint density at radius 3 is 2.52 bits per heavy atom. The van der Waals surface area contributed by atoms with Crippen LogP contribution in [0.5, 0.6) is 0 Å². The molecular formula is C24H24N2O3. The van der Waals surface area contributed by atoms with Gasteiger partial charge in [-0.3, -0.25) is 9.59 Å². The van der Waals surface area contributed by atoms with Crippen LogP contribution in [-0.2, 0) is 22.7 Å². The molecule has 148 valence electrons. The lowest BCUT2D eigenvalue weighted by molar-refractivity contribution is -0.129. The second-order valence-electron chi connectivity index (χ2n) is 7.50. The molecule has 2 heterocycles. The van der Waals surface area contributed by atoms with E-state index < -0.39 is 0 Å². The van der Waals surface area contributed by atoms with Crippen LogP contribution in [0.4, 0.5) is 5.69 Å². The summed E-state index contributed by atoms with van der Waals surface area (Å²) in [5.41, 5.74) is 3.04. The molecule has 1 unspecified atom stereocenters. The number of amides is 2. The minimum Gasteiger partial charge on any atom is -0.467 e. The molecule has 1 fully saturated rings. The van der Waals surface area contributed by atoms with Crippen molar-refractivity contribution in [3.63, 3.8) is 0 Å². The van der Waals surface area contributed by atoms with Crippen LogP contribution in [0.1, 0.15) is 23.3 Å². The number of carbonyl (C=O) groups is 2. The molecule has 1 aliphatic heterocycles. The van der Waals surface area contributed by atoms with E-state index in [1.54, 1.807) is 22.1 Å². The van der Waals surface area contributed by atoms with Crippen LogP contribution >= 0.6 is 0 Å². The zero-order chi connectivity index (χ0) is 20.2. The van der Waals surface area contributed by atoms with Gasteiger partial charge in [-0.1, -0.05) is 48.0 Å². The van der Waals surface area contributed by atoms with Crippen molar-refractivity contribution in [3.05, 3.63) is 89.9 Å². The van der Waals surface area contributed by atoms with Gasteiger partial charge in [0.2, 0.25) is 11.8 Å². The summed E-state index contributed by atoms with van der Waals surface area (Å²) in [6, 6.07) is 21.5. The molecule has 1 aliphatic rings. The molecule has 0 radical (unpaired) electrons. The van der Waals surface area contributed by atoms with Gasteiger partial charge in [0, 0.05) is 18.7 Å². The second-order valence-corrected chi connectivity index (χ2v) is 7.50. The molecule has 0 aliphatic carbocycles. The molecular weight excluding hydrogens is 364 g/mol. The Morgan fingerprint density at radius 2 is 1.83 bits per heavy atom. The first-order valence-corrected chi connectivity index (χ1v) is 9.82. The summed E-state index contributed by atoms with van der Waals surface area (Å²) in [5.74, 6) is 0.338. The van der Waals surface area contributed by atoms with Gasteiger partial charge in [0.1, 0.15) is 5.76 Å². The number of hydrogen-bond acceptors (Lipinski definition) is 3. The quantitative estimate of drug-likeness (QED) is 0.637. The van der Waals surface area contributed by atoms with E-state index in [2.05, 4.69) is 0 Å². The van der Waals surface area contributed by atoms with Gasteiger partial charge in [-0.05, 0) is 36.8 Å². The summed E-state index contributed by atoms with van der Waals surface area (Å²) < 4.78 is 5.36. The van der Waals surface area contributed by atoms with Gasteiger partial charge in [-0.2, -0.15) is 0 Å². The number of hydrogen-bond donors (Lipinski definition) is 0. The molecule has 29 heavy (non-hydrogen) atoms. The number of rotatable bonds is 6. The first-order valence-electron chi connectivity index (χ1n) is 9.82. The molecule has 2 aromatic carbocycles. The maximum Gasteiger partial charge on any atom is 0.232 e. The fourth-order valence-electron chi connectivity index (χ4n) is 3.69.